The minimum atomic E-state index is 0.731. The van der Waals surface area contributed by atoms with Gasteiger partial charge in [-0.3, -0.25) is 0 Å². The largest absolute Gasteiger partial charge is 0.399 e. The topological polar surface area (TPSA) is 38.0 Å². The van der Waals surface area contributed by atoms with Gasteiger partial charge in [-0.15, -0.1) is 11.6 Å². The Hall–Kier alpha value is -0.730. The van der Waals surface area contributed by atoms with E-state index in [4.69, 9.17) is 17.3 Å². The maximum absolute atomic E-state index is 5.59. The van der Waals surface area contributed by atoms with Crippen molar-refractivity contribution in [3.63, 3.8) is 0 Å². The number of nitrogens with one attached hydrogen (secondary N) is 1. The molecule has 1 aromatic rings. The zero-order valence-electron chi connectivity index (χ0n) is 8.30. The lowest BCUT2D eigenvalue weighted by molar-refractivity contribution is 0.673. The van der Waals surface area contributed by atoms with Crippen molar-refractivity contribution in [3.05, 3.63) is 29.8 Å². The van der Waals surface area contributed by atoms with Gasteiger partial charge in [0.05, 0.1) is 0 Å². The Morgan fingerprint density at radius 3 is 2.50 bits per heavy atom. The second-order valence-electron chi connectivity index (χ2n) is 3.28. The summed E-state index contributed by atoms with van der Waals surface area (Å²) in [7, 11) is 0. The van der Waals surface area contributed by atoms with Crippen LogP contribution in [0.15, 0.2) is 24.3 Å². The van der Waals surface area contributed by atoms with Crippen LogP contribution in [-0.4, -0.2) is 19.0 Å². The molecule has 3 heteroatoms. The fourth-order valence-electron chi connectivity index (χ4n) is 1.23. The number of anilines is 1. The molecule has 3 N–H and O–H groups in total. The molecular formula is C11H17ClN2. The van der Waals surface area contributed by atoms with Crippen molar-refractivity contribution in [2.75, 3.05) is 24.7 Å². The van der Waals surface area contributed by atoms with Crippen LogP contribution in [0.3, 0.4) is 0 Å². The molecule has 0 atom stereocenters. The summed E-state index contributed by atoms with van der Waals surface area (Å²) >= 11 is 5.56. The molecular weight excluding hydrogens is 196 g/mol. The van der Waals surface area contributed by atoms with Gasteiger partial charge < -0.3 is 11.1 Å². The van der Waals surface area contributed by atoms with Gasteiger partial charge in [0.15, 0.2) is 0 Å². The molecule has 0 aromatic heterocycles. The Balaban J connectivity index is 2.15. The van der Waals surface area contributed by atoms with Crippen LogP contribution in [0.5, 0.6) is 0 Å². The summed E-state index contributed by atoms with van der Waals surface area (Å²) < 4.78 is 0. The van der Waals surface area contributed by atoms with Crippen molar-refractivity contribution in [2.24, 2.45) is 0 Å². The van der Waals surface area contributed by atoms with Crippen LogP contribution < -0.4 is 11.1 Å². The van der Waals surface area contributed by atoms with Crippen molar-refractivity contribution in [3.8, 4) is 0 Å². The molecule has 0 aliphatic carbocycles. The maximum atomic E-state index is 5.59. The Bertz CT molecular complexity index is 246. The summed E-state index contributed by atoms with van der Waals surface area (Å²) in [5, 5.41) is 3.33. The van der Waals surface area contributed by atoms with Gasteiger partial charge in [0.1, 0.15) is 0 Å². The molecule has 1 aromatic carbocycles. The lowest BCUT2D eigenvalue weighted by Gasteiger charge is -2.03. The standard InChI is InChI=1S/C11H17ClN2/c12-7-1-8-14-9-6-10-2-4-11(13)5-3-10/h2-5,14H,1,6-9,13H2. The number of nitrogen functional groups attached to an aromatic ring is 1. The van der Waals surface area contributed by atoms with Gasteiger partial charge in [0.2, 0.25) is 0 Å². The maximum Gasteiger partial charge on any atom is 0.0314 e. The number of rotatable bonds is 6. The van der Waals surface area contributed by atoms with E-state index in [2.05, 4.69) is 17.4 Å². The SMILES string of the molecule is Nc1ccc(CCNCCCCl)cc1. The highest BCUT2D eigenvalue weighted by Crippen LogP contribution is 2.05. The third kappa shape index (κ3) is 4.49. The molecule has 0 aliphatic heterocycles. The molecule has 14 heavy (non-hydrogen) atoms. The van der Waals surface area contributed by atoms with E-state index in [0.717, 1.165) is 37.5 Å². The third-order valence-electron chi connectivity index (χ3n) is 2.06. The van der Waals surface area contributed by atoms with E-state index >= 15 is 0 Å². The summed E-state index contributed by atoms with van der Waals surface area (Å²) in [5.41, 5.74) is 7.73. The molecule has 2 nitrogen and oxygen atoms in total. The lowest BCUT2D eigenvalue weighted by Crippen LogP contribution is -2.18. The predicted octanol–water partition coefficient (Wildman–Crippen LogP) is 2.03. The Kier molecular flexibility index (Phi) is 5.42. The number of hydrogen-bond donors (Lipinski definition) is 2. The van der Waals surface area contributed by atoms with Gasteiger partial charge in [-0.1, -0.05) is 12.1 Å². The monoisotopic (exact) mass is 212 g/mol. The van der Waals surface area contributed by atoms with Crippen LogP contribution in [-0.2, 0) is 6.42 Å². The molecule has 0 fully saturated rings. The normalized spacial score (nSPS) is 10.4. The van der Waals surface area contributed by atoms with Crippen molar-refractivity contribution < 1.29 is 0 Å². The van der Waals surface area contributed by atoms with Crippen molar-refractivity contribution >= 4 is 17.3 Å². The molecule has 78 valence electrons. The highest BCUT2D eigenvalue weighted by Gasteiger charge is 1.92. The van der Waals surface area contributed by atoms with E-state index in [1.54, 1.807) is 0 Å². The molecule has 0 saturated carbocycles. The van der Waals surface area contributed by atoms with Gasteiger partial charge in [-0.05, 0) is 43.6 Å². The summed E-state index contributed by atoms with van der Waals surface area (Å²) in [6.07, 6.45) is 2.08. The number of halogens is 1. The number of benzene rings is 1. The first-order chi connectivity index (χ1) is 6.83. The van der Waals surface area contributed by atoms with Gasteiger partial charge in [0, 0.05) is 11.6 Å². The zero-order valence-corrected chi connectivity index (χ0v) is 9.06. The first kappa shape index (κ1) is 11.3. The molecule has 0 heterocycles. The van der Waals surface area contributed by atoms with Crippen molar-refractivity contribution in [1.29, 1.82) is 0 Å². The summed E-state index contributed by atoms with van der Waals surface area (Å²) in [6, 6.07) is 8.01. The molecule has 0 bridgehead atoms. The highest BCUT2D eigenvalue weighted by molar-refractivity contribution is 6.17. The van der Waals surface area contributed by atoms with E-state index < -0.39 is 0 Å². The average Bonchev–Trinajstić information content (AvgIpc) is 2.21. The molecule has 0 saturated heterocycles. The van der Waals surface area contributed by atoms with Crippen LogP contribution in [0.2, 0.25) is 0 Å². The first-order valence-electron chi connectivity index (χ1n) is 4.94. The molecule has 0 spiro atoms. The fourth-order valence-corrected chi connectivity index (χ4v) is 1.37. The van der Waals surface area contributed by atoms with Gasteiger partial charge in [-0.2, -0.15) is 0 Å². The second kappa shape index (κ2) is 6.68. The number of hydrogen-bond acceptors (Lipinski definition) is 2. The van der Waals surface area contributed by atoms with Crippen LogP contribution >= 0.6 is 11.6 Å². The summed E-state index contributed by atoms with van der Waals surface area (Å²) in [5.74, 6) is 0.731. The Morgan fingerprint density at radius 2 is 1.86 bits per heavy atom. The second-order valence-corrected chi connectivity index (χ2v) is 3.66. The zero-order chi connectivity index (χ0) is 10.2. The van der Waals surface area contributed by atoms with E-state index in [9.17, 15) is 0 Å². The van der Waals surface area contributed by atoms with Crippen LogP contribution in [0.1, 0.15) is 12.0 Å². The Labute approximate surface area is 90.4 Å². The molecule has 1 rings (SSSR count). The molecule has 0 radical (unpaired) electrons. The highest BCUT2D eigenvalue weighted by atomic mass is 35.5. The smallest absolute Gasteiger partial charge is 0.0314 e. The van der Waals surface area contributed by atoms with Gasteiger partial charge in [-0.25, -0.2) is 0 Å². The number of alkyl halides is 1. The first-order valence-corrected chi connectivity index (χ1v) is 5.47. The number of nitrogens with two attached hydrogens (primary N) is 1. The van der Waals surface area contributed by atoms with E-state index in [0.29, 0.717) is 0 Å². The van der Waals surface area contributed by atoms with Gasteiger partial charge >= 0.3 is 0 Å². The predicted molar refractivity (Wildman–Crippen MR) is 62.8 cm³/mol. The summed E-state index contributed by atoms with van der Waals surface area (Å²) in [6.45, 7) is 2.00. The van der Waals surface area contributed by atoms with Gasteiger partial charge in [0.25, 0.3) is 0 Å². The van der Waals surface area contributed by atoms with Crippen molar-refractivity contribution in [2.45, 2.75) is 12.8 Å². The molecule has 0 unspecified atom stereocenters. The molecule has 0 amide bonds. The minimum absolute atomic E-state index is 0.731. The fraction of sp³-hybridized carbons (Fsp3) is 0.455. The van der Waals surface area contributed by atoms with E-state index in [-0.39, 0.29) is 0 Å². The Morgan fingerprint density at radius 1 is 1.14 bits per heavy atom. The molecule has 0 aliphatic rings. The quantitative estimate of drug-likeness (QED) is 0.430. The van der Waals surface area contributed by atoms with E-state index in [1.807, 2.05) is 12.1 Å². The van der Waals surface area contributed by atoms with Crippen LogP contribution in [0.4, 0.5) is 5.69 Å². The van der Waals surface area contributed by atoms with Crippen LogP contribution in [0.25, 0.3) is 0 Å². The van der Waals surface area contributed by atoms with E-state index in [1.165, 1.54) is 5.56 Å². The van der Waals surface area contributed by atoms with Crippen molar-refractivity contribution in [1.82, 2.24) is 5.32 Å². The van der Waals surface area contributed by atoms with Crippen LogP contribution in [0, 0.1) is 0 Å². The lowest BCUT2D eigenvalue weighted by atomic mass is 10.1. The third-order valence-corrected chi connectivity index (χ3v) is 2.32. The summed E-state index contributed by atoms with van der Waals surface area (Å²) in [4.78, 5) is 0. The minimum Gasteiger partial charge on any atom is -0.399 e. The average molecular weight is 213 g/mol.